The van der Waals surface area contributed by atoms with Crippen molar-refractivity contribution in [3.05, 3.63) is 54.2 Å². The highest BCUT2D eigenvalue weighted by Gasteiger charge is 2.14. The van der Waals surface area contributed by atoms with Gasteiger partial charge < -0.3 is 10.2 Å². The van der Waals surface area contributed by atoms with Crippen LogP contribution in [0, 0.1) is 11.6 Å². The van der Waals surface area contributed by atoms with Gasteiger partial charge >= 0.3 is 0 Å². The number of hydrogen-bond donors (Lipinski definition) is 2. The van der Waals surface area contributed by atoms with Gasteiger partial charge in [-0.15, -0.1) is 0 Å². The minimum Gasteiger partial charge on any atom is -0.436 e. The largest absolute Gasteiger partial charge is 0.436 e. The molecule has 3 aromatic rings. The maximum absolute atomic E-state index is 13.7. The van der Waals surface area contributed by atoms with Crippen LogP contribution >= 0.6 is 0 Å². The van der Waals surface area contributed by atoms with E-state index in [9.17, 15) is 8.78 Å². The molecule has 0 saturated heterocycles. The van der Waals surface area contributed by atoms with E-state index in [-0.39, 0.29) is 11.7 Å². The monoisotopic (exact) mass is 288 g/mol. The Morgan fingerprint density at radius 1 is 1.10 bits per heavy atom. The second-order valence-corrected chi connectivity index (χ2v) is 4.18. The van der Waals surface area contributed by atoms with Gasteiger partial charge in [-0.1, -0.05) is 6.07 Å². The maximum atomic E-state index is 13.7. The van der Waals surface area contributed by atoms with E-state index in [1.807, 2.05) is 5.43 Å². The first-order valence-electron chi connectivity index (χ1n) is 6.03. The van der Waals surface area contributed by atoms with Gasteiger partial charge in [0.1, 0.15) is 5.75 Å². The van der Waals surface area contributed by atoms with Crippen molar-refractivity contribution in [2.75, 3.05) is 5.43 Å². The van der Waals surface area contributed by atoms with Crippen LogP contribution in [-0.4, -0.2) is 9.97 Å². The van der Waals surface area contributed by atoms with E-state index in [0.717, 1.165) is 0 Å². The van der Waals surface area contributed by atoms with E-state index in [2.05, 4.69) is 9.97 Å². The zero-order valence-corrected chi connectivity index (χ0v) is 10.7. The zero-order chi connectivity index (χ0) is 14.8. The van der Waals surface area contributed by atoms with Gasteiger partial charge in [-0.3, -0.25) is 4.98 Å². The molecule has 0 radical (unpaired) electrons. The lowest BCUT2D eigenvalue weighted by Crippen LogP contribution is -2.11. The van der Waals surface area contributed by atoms with E-state index >= 15 is 0 Å². The molecule has 0 amide bonds. The van der Waals surface area contributed by atoms with Crippen molar-refractivity contribution >= 4 is 16.7 Å². The predicted octanol–water partition coefficient (Wildman–Crippen LogP) is 2.99. The molecule has 1 aromatic carbocycles. The Morgan fingerprint density at radius 3 is 2.76 bits per heavy atom. The number of fused-ring (bicyclic) bond motifs is 1. The SMILES string of the molecule is NNc1nc(Oc2cccc3ncccc23)c(F)cc1F. The van der Waals surface area contributed by atoms with Crippen LogP contribution in [0.5, 0.6) is 11.6 Å². The number of pyridine rings is 2. The molecular formula is C14H10F2N4O. The fourth-order valence-electron chi connectivity index (χ4n) is 1.89. The summed E-state index contributed by atoms with van der Waals surface area (Å²) >= 11 is 0. The van der Waals surface area contributed by atoms with Crippen LogP contribution in [0.25, 0.3) is 10.9 Å². The summed E-state index contributed by atoms with van der Waals surface area (Å²) in [4.78, 5) is 7.83. The van der Waals surface area contributed by atoms with Crippen LogP contribution < -0.4 is 16.0 Å². The van der Waals surface area contributed by atoms with Gasteiger partial charge in [-0.05, 0) is 24.3 Å². The molecule has 0 spiro atoms. The second-order valence-electron chi connectivity index (χ2n) is 4.18. The van der Waals surface area contributed by atoms with Crippen LogP contribution in [0.3, 0.4) is 0 Å². The fraction of sp³-hybridized carbons (Fsp3) is 0. The molecule has 0 aliphatic heterocycles. The summed E-state index contributed by atoms with van der Waals surface area (Å²) < 4.78 is 32.5. The number of nitrogens with zero attached hydrogens (tertiary/aromatic N) is 2. The van der Waals surface area contributed by atoms with Crippen molar-refractivity contribution in [2.24, 2.45) is 5.84 Å². The minimum atomic E-state index is -0.924. The van der Waals surface area contributed by atoms with Gasteiger partial charge in [0.25, 0.3) is 5.88 Å². The van der Waals surface area contributed by atoms with E-state index in [1.165, 1.54) is 0 Å². The smallest absolute Gasteiger partial charge is 0.258 e. The highest BCUT2D eigenvalue weighted by molar-refractivity contribution is 5.85. The number of hydrazine groups is 1. The maximum Gasteiger partial charge on any atom is 0.258 e. The molecule has 0 bridgehead atoms. The highest BCUT2D eigenvalue weighted by atomic mass is 19.1. The summed E-state index contributed by atoms with van der Waals surface area (Å²) in [5.74, 6) is 2.98. The lowest BCUT2D eigenvalue weighted by Gasteiger charge is -2.10. The molecular weight excluding hydrogens is 278 g/mol. The molecule has 0 unspecified atom stereocenters. The Balaban J connectivity index is 2.07. The molecule has 0 saturated carbocycles. The lowest BCUT2D eigenvalue weighted by molar-refractivity contribution is 0.421. The molecule has 3 N–H and O–H groups in total. The quantitative estimate of drug-likeness (QED) is 0.572. The number of rotatable bonds is 3. The number of aromatic nitrogens is 2. The average Bonchev–Trinajstić information content (AvgIpc) is 2.50. The van der Waals surface area contributed by atoms with Crippen molar-refractivity contribution < 1.29 is 13.5 Å². The normalized spacial score (nSPS) is 10.6. The van der Waals surface area contributed by atoms with E-state index in [0.29, 0.717) is 22.7 Å². The van der Waals surface area contributed by atoms with Crippen LogP contribution in [0.2, 0.25) is 0 Å². The van der Waals surface area contributed by atoms with E-state index in [1.54, 1.807) is 36.5 Å². The van der Waals surface area contributed by atoms with Crippen molar-refractivity contribution in [3.63, 3.8) is 0 Å². The topological polar surface area (TPSA) is 73.1 Å². The summed E-state index contributed by atoms with van der Waals surface area (Å²) in [5.41, 5.74) is 2.73. The Kier molecular flexibility index (Phi) is 3.33. The number of nitrogen functional groups attached to an aromatic ring is 1. The predicted molar refractivity (Wildman–Crippen MR) is 73.8 cm³/mol. The second kappa shape index (κ2) is 5.29. The van der Waals surface area contributed by atoms with Gasteiger partial charge in [0.15, 0.2) is 17.5 Å². The third-order valence-electron chi connectivity index (χ3n) is 2.85. The molecule has 106 valence electrons. The molecule has 0 aliphatic rings. The Bertz CT molecular complexity index is 805. The first kappa shape index (κ1) is 13.2. The summed E-state index contributed by atoms with van der Waals surface area (Å²) in [5, 5.41) is 0.688. The summed E-state index contributed by atoms with van der Waals surface area (Å²) in [6.45, 7) is 0. The summed E-state index contributed by atoms with van der Waals surface area (Å²) in [7, 11) is 0. The van der Waals surface area contributed by atoms with Crippen molar-refractivity contribution in [3.8, 4) is 11.6 Å². The number of ether oxygens (including phenoxy) is 1. The number of hydrogen-bond acceptors (Lipinski definition) is 5. The number of halogens is 2. The van der Waals surface area contributed by atoms with E-state index in [4.69, 9.17) is 10.6 Å². The standard InChI is InChI=1S/C14H10F2N4O/c15-9-7-10(16)14(19-13(9)20-17)21-12-5-1-4-11-8(12)3-2-6-18-11/h1-7H,17H2,(H,19,20). The first-order chi connectivity index (χ1) is 10.2. The van der Waals surface area contributed by atoms with Crippen LogP contribution in [-0.2, 0) is 0 Å². The van der Waals surface area contributed by atoms with Crippen molar-refractivity contribution in [1.29, 1.82) is 0 Å². The summed E-state index contributed by atoms with van der Waals surface area (Å²) in [6.07, 6.45) is 1.64. The third kappa shape index (κ3) is 2.46. The molecule has 0 aliphatic carbocycles. The van der Waals surface area contributed by atoms with Gasteiger partial charge in [0.2, 0.25) is 0 Å². The highest BCUT2D eigenvalue weighted by Crippen LogP contribution is 2.30. The van der Waals surface area contributed by atoms with Gasteiger partial charge in [0, 0.05) is 17.6 Å². The Morgan fingerprint density at radius 2 is 1.95 bits per heavy atom. The Hall–Kier alpha value is -2.80. The number of benzene rings is 1. The van der Waals surface area contributed by atoms with E-state index < -0.39 is 11.6 Å². The van der Waals surface area contributed by atoms with Gasteiger partial charge in [-0.25, -0.2) is 14.6 Å². The number of nitrogens with one attached hydrogen (secondary N) is 1. The summed E-state index contributed by atoms with van der Waals surface area (Å²) in [6, 6.07) is 9.32. The minimum absolute atomic E-state index is 0.301. The molecule has 0 fully saturated rings. The van der Waals surface area contributed by atoms with Gasteiger partial charge in [0.05, 0.1) is 5.52 Å². The number of nitrogens with two attached hydrogens (primary N) is 1. The average molecular weight is 288 g/mol. The molecule has 3 rings (SSSR count). The van der Waals surface area contributed by atoms with Crippen LogP contribution in [0.4, 0.5) is 14.6 Å². The molecule has 2 aromatic heterocycles. The third-order valence-corrected chi connectivity index (χ3v) is 2.85. The van der Waals surface area contributed by atoms with Crippen LogP contribution in [0.1, 0.15) is 0 Å². The fourth-order valence-corrected chi connectivity index (χ4v) is 1.89. The first-order valence-corrected chi connectivity index (χ1v) is 6.03. The molecule has 0 atom stereocenters. The van der Waals surface area contributed by atoms with Gasteiger partial charge in [-0.2, -0.15) is 4.98 Å². The molecule has 2 heterocycles. The van der Waals surface area contributed by atoms with Crippen molar-refractivity contribution in [1.82, 2.24) is 9.97 Å². The molecule has 21 heavy (non-hydrogen) atoms. The lowest BCUT2D eigenvalue weighted by atomic mass is 10.2. The van der Waals surface area contributed by atoms with Crippen LogP contribution in [0.15, 0.2) is 42.6 Å². The van der Waals surface area contributed by atoms with Crippen molar-refractivity contribution in [2.45, 2.75) is 0 Å². The molecule has 5 nitrogen and oxygen atoms in total. The zero-order valence-electron chi connectivity index (χ0n) is 10.7. The number of anilines is 1. The Labute approximate surface area is 118 Å². The molecule has 7 heteroatoms.